The molecule has 1 saturated heterocycles. The van der Waals surface area contributed by atoms with Gasteiger partial charge in [-0.3, -0.25) is 38.6 Å². The van der Waals surface area contributed by atoms with Gasteiger partial charge in [-0.2, -0.15) is 0 Å². The minimum Gasteiger partial charge on any atom is -0.370 e. The number of guanidine groups is 1. The number of para-hydroxylation sites is 1. The molecule has 6 atom stereocenters. The van der Waals surface area contributed by atoms with Crippen molar-refractivity contribution in [2.24, 2.45) is 22.4 Å². The van der Waals surface area contributed by atoms with Crippen molar-refractivity contribution in [3.05, 3.63) is 108 Å². The molecule has 2 heterocycles. The lowest BCUT2D eigenvalue weighted by molar-refractivity contribution is -0.136. The topological polar surface area (TPSA) is 284 Å². The molecule has 7 amide bonds. The zero-order valence-electron chi connectivity index (χ0n) is 39.3. The highest BCUT2D eigenvalue weighted by atomic mass is 16.2. The molecule has 368 valence electrons. The lowest BCUT2D eigenvalue weighted by Crippen LogP contribution is -2.61. The maximum Gasteiger partial charge on any atom is 0.243 e. The van der Waals surface area contributed by atoms with Crippen molar-refractivity contribution in [1.29, 1.82) is 0 Å². The van der Waals surface area contributed by atoms with Crippen LogP contribution in [0, 0.1) is 5.92 Å². The molecular formula is C51H67N11O7. The Kier molecular flexibility index (Phi) is 19.1. The summed E-state index contributed by atoms with van der Waals surface area (Å²) in [4.78, 5) is 106. The molecule has 18 nitrogen and oxygen atoms in total. The second-order valence-electron chi connectivity index (χ2n) is 18.1. The molecule has 2 aliphatic rings. The van der Waals surface area contributed by atoms with Crippen LogP contribution in [0.2, 0.25) is 0 Å². The van der Waals surface area contributed by atoms with E-state index in [1.807, 2.05) is 84.9 Å². The predicted octanol–water partition coefficient (Wildman–Crippen LogP) is 2.06. The number of carbonyl (C=O) groups is 7. The van der Waals surface area contributed by atoms with E-state index < -0.39 is 77.6 Å². The van der Waals surface area contributed by atoms with E-state index in [2.05, 4.69) is 47.2 Å². The highest BCUT2D eigenvalue weighted by molar-refractivity contribution is 5.97. The van der Waals surface area contributed by atoms with Crippen molar-refractivity contribution in [3.8, 4) is 0 Å². The van der Waals surface area contributed by atoms with Crippen LogP contribution < -0.4 is 48.7 Å². The summed E-state index contributed by atoms with van der Waals surface area (Å²) in [6.45, 7) is 1.52. The molecule has 1 saturated carbocycles. The van der Waals surface area contributed by atoms with Crippen LogP contribution in [-0.2, 0) is 52.8 Å². The van der Waals surface area contributed by atoms with Gasteiger partial charge < -0.3 is 53.7 Å². The number of aromatic nitrogens is 1. The second-order valence-corrected chi connectivity index (χ2v) is 18.1. The molecule has 69 heavy (non-hydrogen) atoms. The highest BCUT2D eigenvalue weighted by Crippen LogP contribution is 2.28. The first-order chi connectivity index (χ1) is 33.3. The molecule has 1 aromatic heterocycles. The Bertz CT molecular complexity index is 2400. The Labute approximate surface area is 402 Å². The van der Waals surface area contributed by atoms with E-state index in [0.717, 1.165) is 59.7 Å². The van der Waals surface area contributed by atoms with E-state index in [4.69, 9.17) is 11.5 Å². The van der Waals surface area contributed by atoms with Crippen LogP contribution in [0.4, 0.5) is 0 Å². The number of H-pyrrole nitrogens is 1. The zero-order chi connectivity index (χ0) is 49.1. The Morgan fingerprint density at radius 1 is 0.681 bits per heavy atom. The van der Waals surface area contributed by atoms with E-state index in [1.54, 1.807) is 6.20 Å². The first-order valence-corrected chi connectivity index (χ1v) is 24.1. The predicted molar refractivity (Wildman–Crippen MR) is 263 cm³/mol. The van der Waals surface area contributed by atoms with Gasteiger partial charge in [-0.05, 0) is 60.8 Å². The maximum atomic E-state index is 14.8. The van der Waals surface area contributed by atoms with Gasteiger partial charge >= 0.3 is 0 Å². The average Bonchev–Trinajstić information content (AvgIpc) is 3.75. The number of nitrogens with one attached hydrogen (secondary N) is 8. The number of nitrogens with zero attached hydrogens (tertiary/aromatic N) is 1. The molecule has 1 unspecified atom stereocenters. The van der Waals surface area contributed by atoms with Gasteiger partial charge in [0, 0.05) is 56.4 Å². The lowest BCUT2D eigenvalue weighted by Gasteiger charge is -2.30. The number of hydrogen-bond acceptors (Lipinski definition) is 8. The van der Waals surface area contributed by atoms with Gasteiger partial charge in [-0.15, -0.1) is 0 Å². The maximum absolute atomic E-state index is 14.8. The minimum absolute atomic E-state index is 0.0105. The number of amides is 7. The zero-order valence-corrected chi connectivity index (χ0v) is 39.3. The first kappa shape index (κ1) is 51.2. The minimum atomic E-state index is -1.23. The SMILES string of the molecule is CC(=O)N[C@@H](Cc1ccccc1)C(=O)NC1CCCNC(=O)[C@H](CCCN=C(N)N)NC(=O)[C@H](Cc2c[nH]c3ccccc23)NC(=O)[C@@H](CC2CCCCC2)NC(=O)[C@H](Cc2ccccc2)NC1=O. The molecular weight excluding hydrogens is 879 g/mol. The molecule has 18 heteroatoms. The second kappa shape index (κ2) is 25.8. The largest absolute Gasteiger partial charge is 0.370 e. The number of rotatable bonds is 15. The molecule has 6 rings (SSSR count). The molecule has 1 aliphatic carbocycles. The van der Waals surface area contributed by atoms with Crippen molar-refractivity contribution < 1.29 is 33.6 Å². The molecule has 3 aromatic carbocycles. The number of carbonyl (C=O) groups excluding carboxylic acids is 7. The highest BCUT2D eigenvalue weighted by Gasteiger charge is 2.35. The summed E-state index contributed by atoms with van der Waals surface area (Å²) in [5.41, 5.74) is 14.2. The van der Waals surface area contributed by atoms with Crippen LogP contribution in [0.25, 0.3) is 10.9 Å². The summed E-state index contributed by atoms with van der Waals surface area (Å²) < 4.78 is 0. The van der Waals surface area contributed by atoms with Gasteiger partial charge in [-0.1, -0.05) is 111 Å². The van der Waals surface area contributed by atoms with Crippen molar-refractivity contribution >= 4 is 58.2 Å². The van der Waals surface area contributed by atoms with E-state index in [1.165, 1.54) is 6.92 Å². The summed E-state index contributed by atoms with van der Waals surface area (Å²) in [5.74, 6) is -4.12. The third-order valence-electron chi connectivity index (χ3n) is 12.7. The third-order valence-corrected chi connectivity index (χ3v) is 12.7. The van der Waals surface area contributed by atoms with E-state index in [-0.39, 0.29) is 69.9 Å². The summed E-state index contributed by atoms with van der Waals surface area (Å²) in [6, 6.07) is 18.9. The number of aliphatic imine (C=N–C) groups is 1. The Hall–Kier alpha value is -7.24. The Morgan fingerprint density at radius 2 is 1.29 bits per heavy atom. The number of hydrogen-bond donors (Lipinski definition) is 10. The van der Waals surface area contributed by atoms with Crippen LogP contribution in [0.15, 0.2) is 96.1 Å². The number of benzene rings is 3. The van der Waals surface area contributed by atoms with E-state index in [9.17, 15) is 33.6 Å². The lowest BCUT2D eigenvalue weighted by atomic mass is 9.84. The van der Waals surface area contributed by atoms with E-state index >= 15 is 0 Å². The Morgan fingerprint density at radius 3 is 1.99 bits per heavy atom. The van der Waals surface area contributed by atoms with Crippen LogP contribution >= 0.6 is 0 Å². The van der Waals surface area contributed by atoms with Crippen molar-refractivity contribution in [2.45, 2.75) is 127 Å². The molecule has 0 spiro atoms. The van der Waals surface area contributed by atoms with Gasteiger partial charge in [-0.25, -0.2) is 0 Å². The molecule has 2 fully saturated rings. The van der Waals surface area contributed by atoms with Crippen molar-refractivity contribution in [2.75, 3.05) is 13.1 Å². The van der Waals surface area contributed by atoms with Crippen LogP contribution in [0.5, 0.6) is 0 Å². The van der Waals surface area contributed by atoms with E-state index in [0.29, 0.717) is 6.42 Å². The normalized spacial score (nSPS) is 21.8. The van der Waals surface area contributed by atoms with Gasteiger partial charge in [0.05, 0.1) is 0 Å². The summed E-state index contributed by atoms with van der Waals surface area (Å²) in [7, 11) is 0. The fourth-order valence-electron chi connectivity index (χ4n) is 9.12. The van der Waals surface area contributed by atoms with Crippen LogP contribution in [0.1, 0.15) is 87.8 Å². The average molecular weight is 946 g/mol. The molecule has 0 radical (unpaired) electrons. The fourth-order valence-corrected chi connectivity index (χ4v) is 9.12. The van der Waals surface area contributed by atoms with Crippen molar-refractivity contribution in [1.82, 2.24) is 42.2 Å². The van der Waals surface area contributed by atoms with Crippen molar-refractivity contribution in [3.63, 3.8) is 0 Å². The third kappa shape index (κ3) is 15.9. The molecule has 12 N–H and O–H groups in total. The molecule has 1 aliphatic heterocycles. The quantitative estimate of drug-likeness (QED) is 0.0474. The fraction of sp³-hybridized carbons (Fsp3) is 0.451. The number of aromatic amines is 1. The molecule has 4 aromatic rings. The van der Waals surface area contributed by atoms with Gasteiger partial charge in [0.15, 0.2) is 5.96 Å². The smallest absolute Gasteiger partial charge is 0.243 e. The van der Waals surface area contributed by atoms with Crippen LogP contribution in [-0.4, -0.2) is 102 Å². The summed E-state index contributed by atoms with van der Waals surface area (Å²) in [6.07, 6.45) is 7.67. The summed E-state index contributed by atoms with van der Waals surface area (Å²) >= 11 is 0. The number of nitrogens with two attached hydrogens (primary N) is 2. The molecule has 0 bridgehead atoms. The van der Waals surface area contributed by atoms with Gasteiger partial charge in [0.2, 0.25) is 41.4 Å². The first-order valence-electron chi connectivity index (χ1n) is 24.1. The summed E-state index contributed by atoms with van der Waals surface area (Å²) in [5, 5.41) is 21.0. The number of fused-ring (bicyclic) bond motifs is 1. The van der Waals surface area contributed by atoms with Gasteiger partial charge in [0.25, 0.3) is 0 Å². The Balaban J connectivity index is 1.35. The monoisotopic (exact) mass is 946 g/mol. The standard InChI is InChI=1S/C51H67N11O7/c1-32(63)57-41(27-33-15-5-2-6-16-33)47(66)59-40-24-13-25-54-45(64)39(23-14-26-55-51(52)53)58-50(69)44(30-36-31-56-38-22-12-11-21-37(36)38)62-49(68)43(29-35-19-9-4-10-20-35)61-48(67)42(60-46(40)65)28-34-17-7-3-8-18-34/h2-3,5-8,11-12,15-18,21-22,31,35,39-44,56H,4,9-10,13-14,19-20,23-30H2,1H3,(H,54,64)(H,57,63)(H,58,69)(H,59,66)(H,60,65)(H,61,67)(H,62,68)(H4,52,53,55)/t39-,40?,41-,42-,43+,44-/m0/s1. The van der Waals surface area contributed by atoms with Gasteiger partial charge in [0.1, 0.15) is 36.3 Å². The van der Waals surface area contributed by atoms with Crippen LogP contribution in [0.3, 0.4) is 0 Å².